The second kappa shape index (κ2) is 34.4. The van der Waals surface area contributed by atoms with Crippen molar-refractivity contribution in [1.29, 1.82) is 0 Å². The van der Waals surface area contributed by atoms with Crippen molar-refractivity contribution in [2.45, 2.75) is 133 Å². The average Bonchev–Trinajstić information content (AvgIpc) is 1.53. The van der Waals surface area contributed by atoms with Crippen LogP contribution in [0.5, 0.6) is 34.5 Å². The molecule has 0 saturated carbocycles. The lowest BCUT2D eigenvalue weighted by molar-refractivity contribution is 0.00578. The maximum atomic E-state index is 9.04. The van der Waals surface area contributed by atoms with E-state index in [0.29, 0.717) is 11.0 Å². The van der Waals surface area contributed by atoms with E-state index in [0.717, 1.165) is 137 Å². The highest BCUT2D eigenvalue weighted by Gasteiger charge is 2.65. The fourth-order valence-electron chi connectivity index (χ4n) is 22.1. The molecule has 15 aromatic carbocycles. The lowest BCUT2D eigenvalue weighted by atomic mass is 9.49. The van der Waals surface area contributed by atoms with E-state index in [1.54, 1.807) is 18.3 Å². The zero-order valence-corrected chi connectivity index (χ0v) is 83.1. The third-order valence-electron chi connectivity index (χ3n) is 30.8. The Kier molecular flexibility index (Phi) is 22.4. The van der Waals surface area contributed by atoms with Gasteiger partial charge in [0.05, 0.1) is 66.4 Å². The molecule has 0 atom stereocenters. The second-order valence-corrected chi connectivity index (χ2v) is 42.1. The molecule has 9 heterocycles. The van der Waals surface area contributed by atoms with E-state index in [9.17, 15) is 0 Å². The molecule has 14 nitrogen and oxygen atoms in total. The summed E-state index contributed by atoms with van der Waals surface area (Å²) in [5.74, 6) is 5.26. The Morgan fingerprint density at radius 1 is 0.262 bits per heavy atom. The minimum atomic E-state index is -1.46. The van der Waals surface area contributed by atoms with Crippen molar-refractivity contribution < 1.29 is 52.2 Å². The minimum Gasteiger partial charge on any atom is -0.457 e. The summed E-state index contributed by atoms with van der Waals surface area (Å²) >= 11 is 16.9. The molecule has 2 N–H and O–H groups in total. The maximum absolute atomic E-state index is 9.04. The molecule has 6 aliphatic heterocycles. The smallest absolute Gasteiger partial charge is 0.457 e. The Hall–Kier alpha value is -13.1. The summed E-state index contributed by atoms with van der Waals surface area (Å²) in [5, 5.41) is 22.7. The van der Waals surface area contributed by atoms with Gasteiger partial charge in [-0.3, -0.25) is 15.0 Å². The molecular weight excluding hydrogens is 1850 g/mol. The number of ether oxygens (including phenoxy) is 3. The Bertz CT molecular complexity index is 7840. The van der Waals surface area contributed by atoms with Crippen LogP contribution in [0.1, 0.15) is 150 Å². The number of nitrogens with zero attached hydrogens (tertiary/aromatic N) is 3. The van der Waals surface area contributed by atoms with Gasteiger partial charge in [-0.25, -0.2) is 0 Å². The van der Waals surface area contributed by atoms with Gasteiger partial charge in [-0.15, -0.1) is 0 Å². The van der Waals surface area contributed by atoms with Crippen LogP contribution in [-0.2, 0) is 44.2 Å². The third kappa shape index (κ3) is 14.7. The van der Waals surface area contributed by atoms with Crippen LogP contribution in [0.15, 0.2) is 369 Å². The fraction of sp³-hybridized carbons (Fsp3) is 0.175. The molecule has 9 aliphatic rings. The molecule has 3 saturated heterocycles. The standard InChI is InChI=1S/C40H32BNO3.C34H20ClNO.C25H14BrClO.C12H24B2O4.C9H8BNO2/c1-38(2)39(3,4)45-41(44-38)27-19-21-30-29-20-18-26(28-13-9-11-25-12-10-22-42-37(25)28)23-33(29)40(34(30)24-27)31-14-5-7-16-35(31)43-36-17-8-6-15-32(36)40;35-23-15-17-26-25-16-14-22(24-9-5-7-21-8-6-18-36-33(21)24)19-29(25)34(30(26)20-23)27-10-1-3-12-31(27)37-32-13-4-2-11-28(32)34;26-15-9-11-17-18-12-10-16(27)14-22(18)25(21(17)13-15)19-5-1-3-7-23(19)28-24-8-4-2-6-20(24)25;1-9(2)10(3,4)16-13(15-9)14-17-11(5,6)12(7,8)18-14;12-10(13)8-5-1-3-7-4-2-6-11-9(7)8/h5-24H,1-4H3;1-20H;1-14H;1-8H3;1-6,12-13H. The van der Waals surface area contributed by atoms with Crippen LogP contribution in [0.25, 0.3) is 88.3 Å². The van der Waals surface area contributed by atoms with Crippen LogP contribution in [0.3, 0.4) is 0 Å². The lowest BCUT2D eigenvalue weighted by Gasteiger charge is -2.39. The number of hydrogen-bond donors (Lipinski definition) is 2. The van der Waals surface area contributed by atoms with E-state index in [-0.39, 0.29) is 22.4 Å². The highest BCUT2D eigenvalue weighted by Crippen LogP contribution is 2.67. The molecular formula is C120H98B4BrCl2N3O11. The number of benzene rings is 15. The van der Waals surface area contributed by atoms with Crippen molar-refractivity contribution in [1.82, 2.24) is 15.0 Å². The van der Waals surface area contributed by atoms with Gasteiger partial charge in [-0.2, -0.15) is 0 Å². The predicted octanol–water partition coefficient (Wildman–Crippen LogP) is 27.4. The van der Waals surface area contributed by atoms with Gasteiger partial charge in [0.25, 0.3) is 0 Å². The summed E-state index contributed by atoms with van der Waals surface area (Å²) in [4.78, 5) is 13.6. The fourth-order valence-corrected chi connectivity index (χ4v) is 22.8. The van der Waals surface area contributed by atoms with Crippen LogP contribution in [0, 0.1) is 0 Å². The quantitative estimate of drug-likeness (QED) is 0.157. The van der Waals surface area contributed by atoms with Crippen LogP contribution in [-0.4, -0.2) is 86.9 Å². The Labute approximate surface area is 840 Å². The summed E-state index contributed by atoms with van der Waals surface area (Å²) in [6, 6.07) is 120. The van der Waals surface area contributed by atoms with Crippen LogP contribution in [0.4, 0.5) is 0 Å². The highest BCUT2D eigenvalue weighted by molar-refractivity contribution is 9.10. The number of rotatable bonds is 5. The summed E-state index contributed by atoms with van der Waals surface area (Å²) in [6.45, 7) is 24.6. The molecule has 141 heavy (non-hydrogen) atoms. The van der Waals surface area contributed by atoms with E-state index in [1.807, 2.05) is 147 Å². The first kappa shape index (κ1) is 91.7. The van der Waals surface area contributed by atoms with Crippen molar-refractivity contribution >= 4 is 111 Å². The Balaban J connectivity index is 0.000000104. The van der Waals surface area contributed by atoms with Gasteiger partial charge in [-0.1, -0.05) is 282 Å². The van der Waals surface area contributed by atoms with E-state index >= 15 is 0 Å². The zero-order chi connectivity index (χ0) is 97.2. The zero-order valence-electron chi connectivity index (χ0n) is 80.0. The van der Waals surface area contributed by atoms with Gasteiger partial charge < -0.3 is 52.2 Å². The SMILES string of the molecule is CC1(C)OB(B2OC(C)(C)C(C)(C)O2)OC1(C)C.CC1(C)OB(c2ccc3c(c2)C2(c4ccccc4Oc4ccccc42)c2cc(-c4cccc5cccnc45)ccc2-3)OC1(C)C.Clc1ccc2c(c1)C1(c3ccccc3Oc3ccccc31)c1cc(-c3cccc4cccnc34)ccc1-2.Clc1ccc2c(c1)C1(c3ccccc3Oc3ccccc31)c1cc(Br)ccc1-2.OB(O)c1cccc2cccnc12. The second-order valence-electron chi connectivity index (χ2n) is 40.3. The lowest BCUT2D eigenvalue weighted by Crippen LogP contribution is -2.41. The molecule has 692 valence electrons. The molecule has 3 spiro atoms. The average molecular weight is 1950 g/mol. The van der Waals surface area contributed by atoms with Gasteiger partial charge >= 0.3 is 28.3 Å². The summed E-state index contributed by atoms with van der Waals surface area (Å²) in [6.07, 6.45) is 5.37. The van der Waals surface area contributed by atoms with Gasteiger partial charge in [0.1, 0.15) is 34.5 Å². The van der Waals surface area contributed by atoms with Gasteiger partial charge in [0, 0.05) is 93.9 Å². The number of fused-ring (bicyclic) bond motifs is 30. The Morgan fingerprint density at radius 3 is 0.908 bits per heavy atom. The topological polar surface area (TPSA) is 162 Å². The van der Waals surface area contributed by atoms with Crippen molar-refractivity contribution in [3.8, 4) is 90.1 Å². The van der Waals surface area contributed by atoms with E-state index < -0.39 is 55.7 Å². The molecule has 3 fully saturated rings. The minimum absolute atomic E-state index is 0.360. The normalized spacial score (nSPS) is 17.3. The highest BCUT2D eigenvalue weighted by atomic mass is 79.9. The van der Waals surface area contributed by atoms with Crippen molar-refractivity contribution in [2.75, 3.05) is 0 Å². The molecule has 0 amide bonds. The monoisotopic (exact) mass is 1950 g/mol. The van der Waals surface area contributed by atoms with E-state index in [4.69, 9.17) is 85.4 Å². The first-order valence-corrected chi connectivity index (χ1v) is 49.3. The van der Waals surface area contributed by atoms with Gasteiger partial charge in [-0.05, 0) is 275 Å². The molecule has 0 unspecified atom stereocenters. The number of aromatic nitrogens is 3. The van der Waals surface area contributed by atoms with Crippen molar-refractivity contribution in [2.24, 2.45) is 0 Å². The van der Waals surface area contributed by atoms with Crippen LogP contribution < -0.4 is 25.1 Å². The van der Waals surface area contributed by atoms with Gasteiger partial charge in [0.2, 0.25) is 0 Å². The maximum Gasteiger partial charge on any atom is 0.494 e. The Morgan fingerprint density at radius 2 is 0.546 bits per heavy atom. The van der Waals surface area contributed by atoms with E-state index in [1.165, 1.54) is 66.8 Å². The third-order valence-corrected chi connectivity index (χ3v) is 31.8. The van der Waals surface area contributed by atoms with Crippen LogP contribution in [0.2, 0.25) is 10.0 Å². The van der Waals surface area contributed by atoms with E-state index in [2.05, 4.69) is 303 Å². The number of halogens is 3. The first-order chi connectivity index (χ1) is 67.9. The largest absolute Gasteiger partial charge is 0.494 e. The predicted molar refractivity (Wildman–Crippen MR) is 570 cm³/mol. The number of para-hydroxylation sites is 9. The van der Waals surface area contributed by atoms with Crippen molar-refractivity contribution in [3.63, 3.8) is 0 Å². The molecule has 0 bridgehead atoms. The van der Waals surface area contributed by atoms with Crippen LogP contribution >= 0.6 is 39.1 Å². The van der Waals surface area contributed by atoms with Gasteiger partial charge in [0.15, 0.2) is 0 Å². The molecule has 3 aromatic heterocycles. The molecule has 18 aromatic rings. The number of pyridine rings is 3. The summed E-state index contributed by atoms with van der Waals surface area (Å²) in [5.41, 5.74) is 26.1. The molecule has 21 heteroatoms. The molecule has 0 radical (unpaired) electrons. The molecule has 3 aliphatic carbocycles. The summed E-state index contributed by atoms with van der Waals surface area (Å²) < 4.78 is 57.4. The summed E-state index contributed by atoms with van der Waals surface area (Å²) in [7, 11) is -2.88. The first-order valence-electron chi connectivity index (χ1n) is 47.8. The van der Waals surface area contributed by atoms with Crippen molar-refractivity contribution in [3.05, 3.63) is 446 Å². The number of hydrogen-bond acceptors (Lipinski definition) is 14. The molecule has 27 rings (SSSR count).